The number of para-hydroxylation sites is 1. The molecular formula is C31H36N4O2. The van der Waals surface area contributed by atoms with Gasteiger partial charge in [-0.2, -0.15) is 0 Å². The number of aryl methyl sites for hydroxylation is 1. The van der Waals surface area contributed by atoms with Crippen LogP contribution in [-0.4, -0.2) is 46.4 Å². The highest BCUT2D eigenvalue weighted by atomic mass is 16.2. The number of hydrogen-bond donors (Lipinski definition) is 2. The van der Waals surface area contributed by atoms with Gasteiger partial charge in [-0.1, -0.05) is 74.5 Å². The second-order valence-electron chi connectivity index (χ2n) is 9.98. The molecule has 6 heteroatoms. The Balaban J connectivity index is 1.50. The maximum atomic E-state index is 13.7. The number of H-pyrrole nitrogens is 1. The maximum absolute atomic E-state index is 13.7. The van der Waals surface area contributed by atoms with Crippen molar-refractivity contribution in [2.45, 2.75) is 33.7 Å². The molecule has 4 aromatic rings. The van der Waals surface area contributed by atoms with Gasteiger partial charge in [0.2, 0.25) is 5.91 Å². The van der Waals surface area contributed by atoms with Crippen molar-refractivity contribution in [3.05, 3.63) is 102 Å². The van der Waals surface area contributed by atoms with Crippen LogP contribution in [0.4, 0.5) is 10.5 Å². The number of urea groups is 1. The van der Waals surface area contributed by atoms with Gasteiger partial charge in [0.15, 0.2) is 0 Å². The molecule has 4 rings (SSSR count). The van der Waals surface area contributed by atoms with E-state index in [0.29, 0.717) is 19.6 Å². The summed E-state index contributed by atoms with van der Waals surface area (Å²) in [7, 11) is 0. The smallest absolute Gasteiger partial charge is 0.322 e. The molecule has 0 unspecified atom stereocenters. The number of fused-ring (bicyclic) bond motifs is 1. The molecule has 0 spiro atoms. The quantitative estimate of drug-likeness (QED) is 0.273. The average molecular weight is 497 g/mol. The zero-order chi connectivity index (χ0) is 26.2. The highest BCUT2D eigenvalue weighted by molar-refractivity contribution is 5.92. The lowest BCUT2D eigenvalue weighted by Gasteiger charge is -2.29. The number of anilines is 1. The molecule has 3 amide bonds. The summed E-state index contributed by atoms with van der Waals surface area (Å²) in [5.74, 6) is 0.161. The summed E-state index contributed by atoms with van der Waals surface area (Å²) in [4.78, 5) is 33.7. The number of aromatic nitrogens is 1. The van der Waals surface area contributed by atoms with Gasteiger partial charge in [-0.3, -0.25) is 4.79 Å². The SMILES string of the molecule is Cc1cccc(NC(=O)N(CC(=O)N(CCc2c[nH]c3ccccc23)Cc2ccccc2)CC(C)C)c1. The first-order valence-electron chi connectivity index (χ1n) is 12.9. The topological polar surface area (TPSA) is 68.4 Å². The zero-order valence-electron chi connectivity index (χ0n) is 21.9. The van der Waals surface area contributed by atoms with Crippen LogP contribution in [0, 0.1) is 12.8 Å². The molecule has 0 atom stereocenters. The van der Waals surface area contributed by atoms with Crippen LogP contribution in [0.5, 0.6) is 0 Å². The summed E-state index contributed by atoms with van der Waals surface area (Å²) in [6.45, 7) is 7.66. The number of hydrogen-bond acceptors (Lipinski definition) is 2. The minimum absolute atomic E-state index is 0.0244. The van der Waals surface area contributed by atoms with Crippen LogP contribution in [0.1, 0.15) is 30.5 Å². The van der Waals surface area contributed by atoms with E-state index in [0.717, 1.165) is 28.8 Å². The molecule has 0 aliphatic carbocycles. The minimum Gasteiger partial charge on any atom is -0.361 e. The Hall–Kier alpha value is -4.06. The van der Waals surface area contributed by atoms with Gasteiger partial charge in [0.05, 0.1) is 0 Å². The van der Waals surface area contributed by atoms with Gasteiger partial charge in [0, 0.05) is 42.4 Å². The number of carbonyl (C=O) groups excluding carboxylic acids is 2. The van der Waals surface area contributed by atoms with Crippen molar-refractivity contribution >= 4 is 28.5 Å². The largest absolute Gasteiger partial charge is 0.361 e. The first-order valence-corrected chi connectivity index (χ1v) is 12.9. The fourth-order valence-electron chi connectivity index (χ4n) is 4.54. The second kappa shape index (κ2) is 12.3. The molecule has 192 valence electrons. The van der Waals surface area contributed by atoms with Gasteiger partial charge in [-0.05, 0) is 54.2 Å². The van der Waals surface area contributed by atoms with E-state index in [1.807, 2.05) is 84.8 Å². The van der Waals surface area contributed by atoms with Crippen LogP contribution in [-0.2, 0) is 17.8 Å². The fourth-order valence-corrected chi connectivity index (χ4v) is 4.54. The fraction of sp³-hybridized carbons (Fsp3) is 0.290. The lowest BCUT2D eigenvalue weighted by molar-refractivity contribution is -0.132. The maximum Gasteiger partial charge on any atom is 0.322 e. The molecule has 0 saturated heterocycles. The first-order chi connectivity index (χ1) is 17.9. The van der Waals surface area contributed by atoms with Crippen molar-refractivity contribution < 1.29 is 9.59 Å². The summed E-state index contributed by atoms with van der Waals surface area (Å²) in [5, 5.41) is 4.14. The molecule has 1 heterocycles. The van der Waals surface area contributed by atoms with E-state index < -0.39 is 0 Å². The number of benzene rings is 3. The van der Waals surface area contributed by atoms with Crippen molar-refractivity contribution in [1.29, 1.82) is 0 Å². The van der Waals surface area contributed by atoms with E-state index in [-0.39, 0.29) is 24.4 Å². The number of rotatable bonds is 10. The molecule has 37 heavy (non-hydrogen) atoms. The molecule has 0 saturated carbocycles. The van der Waals surface area contributed by atoms with Crippen molar-refractivity contribution in [2.24, 2.45) is 5.92 Å². The third-order valence-corrected chi connectivity index (χ3v) is 6.36. The van der Waals surface area contributed by atoms with Gasteiger partial charge in [0.1, 0.15) is 6.54 Å². The lowest BCUT2D eigenvalue weighted by atomic mass is 10.1. The van der Waals surface area contributed by atoms with E-state index in [4.69, 9.17) is 0 Å². The molecule has 1 aromatic heterocycles. The third-order valence-electron chi connectivity index (χ3n) is 6.36. The van der Waals surface area contributed by atoms with E-state index >= 15 is 0 Å². The highest BCUT2D eigenvalue weighted by Crippen LogP contribution is 2.19. The Morgan fingerprint density at radius 1 is 0.919 bits per heavy atom. The number of aromatic amines is 1. The number of amides is 3. The minimum atomic E-state index is -0.260. The summed E-state index contributed by atoms with van der Waals surface area (Å²) in [5.41, 5.74) is 5.13. The van der Waals surface area contributed by atoms with Crippen LogP contribution in [0.2, 0.25) is 0 Å². The van der Waals surface area contributed by atoms with Gasteiger partial charge in [-0.25, -0.2) is 4.79 Å². The van der Waals surface area contributed by atoms with Crippen molar-refractivity contribution in [3.63, 3.8) is 0 Å². The van der Waals surface area contributed by atoms with Gasteiger partial charge in [0.25, 0.3) is 0 Å². The first kappa shape index (κ1) is 26.0. The normalized spacial score (nSPS) is 11.0. The lowest BCUT2D eigenvalue weighted by Crippen LogP contribution is -2.46. The summed E-state index contributed by atoms with van der Waals surface area (Å²) < 4.78 is 0. The van der Waals surface area contributed by atoms with Crippen LogP contribution < -0.4 is 5.32 Å². The Kier molecular flexibility index (Phi) is 8.62. The van der Waals surface area contributed by atoms with Crippen molar-refractivity contribution in [1.82, 2.24) is 14.8 Å². The van der Waals surface area contributed by atoms with Crippen molar-refractivity contribution in [3.8, 4) is 0 Å². The second-order valence-corrected chi connectivity index (χ2v) is 9.98. The third kappa shape index (κ3) is 7.23. The van der Waals surface area contributed by atoms with E-state index in [9.17, 15) is 9.59 Å². The highest BCUT2D eigenvalue weighted by Gasteiger charge is 2.23. The number of carbonyl (C=O) groups is 2. The molecular weight excluding hydrogens is 460 g/mol. The summed E-state index contributed by atoms with van der Waals surface area (Å²) in [6.07, 6.45) is 2.75. The molecule has 2 N–H and O–H groups in total. The number of nitrogens with one attached hydrogen (secondary N) is 2. The monoisotopic (exact) mass is 496 g/mol. The molecule has 0 bridgehead atoms. The predicted octanol–water partition coefficient (Wildman–Crippen LogP) is 6.24. The summed E-state index contributed by atoms with van der Waals surface area (Å²) >= 11 is 0. The number of nitrogens with zero attached hydrogens (tertiary/aromatic N) is 2. The standard InChI is InChI=1S/C31H36N4O2/c1-23(2)20-35(31(37)33-27-13-9-10-24(3)18-27)22-30(36)34(21-25-11-5-4-6-12-25)17-16-26-19-32-29-15-8-7-14-28(26)29/h4-15,18-19,23,32H,16-17,20-22H2,1-3H3,(H,33,37). The van der Waals surface area contributed by atoms with E-state index in [1.165, 1.54) is 10.9 Å². The zero-order valence-corrected chi connectivity index (χ0v) is 21.9. The molecule has 3 aromatic carbocycles. The molecule has 0 aliphatic rings. The molecule has 0 fully saturated rings. The van der Waals surface area contributed by atoms with Crippen molar-refractivity contribution in [2.75, 3.05) is 25.0 Å². The Morgan fingerprint density at radius 2 is 1.68 bits per heavy atom. The van der Waals surface area contributed by atoms with Crippen LogP contribution >= 0.6 is 0 Å². The van der Waals surface area contributed by atoms with E-state index in [2.05, 4.69) is 36.3 Å². The average Bonchev–Trinajstić information content (AvgIpc) is 3.29. The predicted molar refractivity (Wildman–Crippen MR) is 150 cm³/mol. The Labute approximate surface area is 219 Å². The van der Waals surface area contributed by atoms with Crippen LogP contribution in [0.15, 0.2) is 85.1 Å². The summed E-state index contributed by atoms with van der Waals surface area (Å²) in [6, 6.07) is 25.6. The van der Waals surface area contributed by atoms with Crippen LogP contribution in [0.25, 0.3) is 10.9 Å². The van der Waals surface area contributed by atoms with Gasteiger partial charge < -0.3 is 20.1 Å². The van der Waals surface area contributed by atoms with Gasteiger partial charge in [-0.15, -0.1) is 0 Å². The Morgan fingerprint density at radius 3 is 2.43 bits per heavy atom. The molecule has 0 aliphatic heterocycles. The Bertz CT molecular complexity index is 1330. The molecule has 6 nitrogen and oxygen atoms in total. The molecule has 0 radical (unpaired) electrons. The van der Waals surface area contributed by atoms with Crippen LogP contribution in [0.3, 0.4) is 0 Å². The van der Waals surface area contributed by atoms with E-state index in [1.54, 1.807) is 4.90 Å². The van der Waals surface area contributed by atoms with Gasteiger partial charge >= 0.3 is 6.03 Å².